The van der Waals surface area contributed by atoms with Crippen LogP contribution in [0.15, 0.2) is 29.2 Å². The van der Waals surface area contributed by atoms with E-state index >= 15 is 0 Å². The molecule has 5 heteroatoms. The fourth-order valence-electron chi connectivity index (χ4n) is 2.20. The molecule has 0 saturated carbocycles. The van der Waals surface area contributed by atoms with Gasteiger partial charge in [0.15, 0.2) is 0 Å². The molecule has 0 N–H and O–H groups in total. The molecule has 1 aliphatic heterocycles. The van der Waals surface area contributed by atoms with Crippen LogP contribution < -0.4 is 0 Å². The van der Waals surface area contributed by atoms with Crippen molar-refractivity contribution in [1.29, 1.82) is 0 Å². The highest BCUT2D eigenvalue weighted by atomic mass is 32.2. The predicted molar refractivity (Wildman–Crippen MR) is 73.5 cm³/mol. The number of benzene rings is 1. The Bertz CT molecular complexity index is 555. The Morgan fingerprint density at radius 1 is 1.11 bits per heavy atom. The van der Waals surface area contributed by atoms with E-state index in [1.807, 2.05) is 13.8 Å². The van der Waals surface area contributed by atoms with Crippen LogP contribution in [0.1, 0.15) is 32.3 Å². The van der Waals surface area contributed by atoms with E-state index < -0.39 is 15.4 Å². The van der Waals surface area contributed by atoms with Crippen LogP contribution in [-0.4, -0.2) is 32.1 Å². The van der Waals surface area contributed by atoms with Gasteiger partial charge in [0.2, 0.25) is 10.0 Å². The maximum Gasteiger partial charge on any atom is 0.243 e. The van der Waals surface area contributed by atoms with Crippen molar-refractivity contribution < 1.29 is 13.2 Å². The minimum Gasteiger partial charge on any atom is -0.302 e. The number of sulfonamides is 1. The first-order valence-electron chi connectivity index (χ1n) is 6.45. The fourth-order valence-corrected chi connectivity index (χ4v) is 3.72. The maximum absolute atomic E-state index is 12.3. The first kappa shape index (κ1) is 14.2. The molecule has 0 bridgehead atoms. The Kier molecular flexibility index (Phi) is 3.78. The number of hydrogen-bond donors (Lipinski definition) is 0. The molecule has 1 aromatic rings. The Morgan fingerprint density at radius 2 is 1.63 bits per heavy atom. The van der Waals surface area contributed by atoms with Crippen molar-refractivity contribution in [2.75, 3.05) is 13.1 Å². The summed E-state index contributed by atoms with van der Waals surface area (Å²) < 4.78 is 26.2. The average molecular weight is 281 g/mol. The van der Waals surface area contributed by atoms with Crippen LogP contribution in [0.3, 0.4) is 0 Å². The average Bonchev–Trinajstić information content (AvgIpc) is 2.93. The summed E-state index contributed by atoms with van der Waals surface area (Å²) in [7, 11) is -3.36. The molecule has 0 atom stereocenters. The lowest BCUT2D eigenvalue weighted by molar-refractivity contribution is -0.111. The van der Waals surface area contributed by atoms with Gasteiger partial charge in [-0.2, -0.15) is 4.31 Å². The minimum absolute atomic E-state index is 0.305. The molecule has 0 aliphatic carbocycles. The molecule has 1 saturated heterocycles. The molecule has 2 rings (SSSR count). The molecule has 1 heterocycles. The van der Waals surface area contributed by atoms with E-state index in [0.29, 0.717) is 18.0 Å². The molecule has 1 aliphatic rings. The van der Waals surface area contributed by atoms with Crippen molar-refractivity contribution in [2.45, 2.75) is 37.0 Å². The van der Waals surface area contributed by atoms with E-state index in [1.165, 1.54) is 4.31 Å². The van der Waals surface area contributed by atoms with Gasteiger partial charge in [0.05, 0.1) is 4.90 Å². The summed E-state index contributed by atoms with van der Waals surface area (Å²) in [5.41, 5.74) is 0.235. The molecular formula is C14H19NO3S. The largest absolute Gasteiger partial charge is 0.302 e. The second kappa shape index (κ2) is 5.06. The van der Waals surface area contributed by atoms with Crippen molar-refractivity contribution in [3.05, 3.63) is 29.8 Å². The lowest BCUT2D eigenvalue weighted by atomic mass is 9.87. The van der Waals surface area contributed by atoms with Gasteiger partial charge in [-0.05, 0) is 44.4 Å². The summed E-state index contributed by atoms with van der Waals surface area (Å²) in [6.07, 6.45) is 2.72. The van der Waals surface area contributed by atoms with Gasteiger partial charge in [-0.1, -0.05) is 12.1 Å². The number of aldehydes is 1. The first-order chi connectivity index (χ1) is 8.88. The van der Waals surface area contributed by atoms with Crippen LogP contribution in [0.5, 0.6) is 0 Å². The van der Waals surface area contributed by atoms with E-state index in [4.69, 9.17) is 0 Å². The van der Waals surface area contributed by atoms with Crippen molar-refractivity contribution in [1.82, 2.24) is 4.31 Å². The third kappa shape index (κ3) is 2.72. The van der Waals surface area contributed by atoms with E-state index in [0.717, 1.165) is 24.7 Å². The highest BCUT2D eigenvalue weighted by Gasteiger charge is 2.27. The summed E-state index contributed by atoms with van der Waals surface area (Å²) in [6.45, 7) is 4.82. The molecule has 1 fully saturated rings. The summed E-state index contributed by atoms with van der Waals surface area (Å²) >= 11 is 0. The monoisotopic (exact) mass is 281 g/mol. The normalized spacial score (nSPS) is 17.6. The Balaban J connectivity index is 2.30. The van der Waals surface area contributed by atoms with Gasteiger partial charge in [0.25, 0.3) is 0 Å². The highest BCUT2D eigenvalue weighted by molar-refractivity contribution is 7.89. The molecule has 0 spiro atoms. The van der Waals surface area contributed by atoms with Gasteiger partial charge in [-0.15, -0.1) is 0 Å². The van der Waals surface area contributed by atoms with Crippen molar-refractivity contribution in [2.24, 2.45) is 0 Å². The maximum atomic E-state index is 12.3. The predicted octanol–water partition coefficient (Wildman–Crippen LogP) is 1.95. The SMILES string of the molecule is CC(C)(C=O)c1ccc(S(=O)(=O)N2CCCC2)cc1. The van der Waals surface area contributed by atoms with Crippen LogP contribution in [0, 0.1) is 0 Å². The van der Waals surface area contributed by atoms with Gasteiger partial charge < -0.3 is 4.79 Å². The lowest BCUT2D eigenvalue weighted by Crippen LogP contribution is -2.28. The van der Waals surface area contributed by atoms with Crippen LogP contribution in [-0.2, 0) is 20.2 Å². The van der Waals surface area contributed by atoms with Gasteiger partial charge in [0, 0.05) is 18.5 Å². The van der Waals surface area contributed by atoms with Crippen LogP contribution in [0.25, 0.3) is 0 Å². The van der Waals surface area contributed by atoms with Crippen molar-refractivity contribution in [3.8, 4) is 0 Å². The molecule has 0 aromatic heterocycles. The van der Waals surface area contributed by atoms with Gasteiger partial charge >= 0.3 is 0 Å². The fraction of sp³-hybridized carbons (Fsp3) is 0.500. The zero-order valence-electron chi connectivity index (χ0n) is 11.3. The number of rotatable bonds is 4. The van der Waals surface area contributed by atoms with Crippen molar-refractivity contribution in [3.63, 3.8) is 0 Å². The molecule has 0 radical (unpaired) electrons. The second-order valence-electron chi connectivity index (χ2n) is 5.48. The number of carbonyl (C=O) groups excluding carboxylic acids is 1. The van der Waals surface area contributed by atoms with E-state index in [-0.39, 0.29) is 0 Å². The number of nitrogens with zero attached hydrogens (tertiary/aromatic N) is 1. The summed E-state index contributed by atoms with van der Waals surface area (Å²) in [6, 6.07) is 6.62. The summed E-state index contributed by atoms with van der Waals surface area (Å²) in [5.74, 6) is 0. The molecular weight excluding hydrogens is 262 g/mol. The third-order valence-corrected chi connectivity index (χ3v) is 5.51. The van der Waals surface area contributed by atoms with E-state index in [9.17, 15) is 13.2 Å². The second-order valence-corrected chi connectivity index (χ2v) is 7.41. The van der Waals surface area contributed by atoms with E-state index in [2.05, 4.69) is 0 Å². The minimum atomic E-state index is -3.36. The Morgan fingerprint density at radius 3 is 2.11 bits per heavy atom. The van der Waals surface area contributed by atoms with Crippen LogP contribution >= 0.6 is 0 Å². The topological polar surface area (TPSA) is 54.5 Å². The highest BCUT2D eigenvalue weighted by Crippen LogP contribution is 2.25. The summed E-state index contributed by atoms with van der Waals surface area (Å²) in [4.78, 5) is 11.3. The number of carbonyl (C=O) groups is 1. The molecule has 104 valence electrons. The Hall–Kier alpha value is -1.20. The lowest BCUT2D eigenvalue weighted by Gasteiger charge is -2.19. The molecule has 0 amide bonds. The summed E-state index contributed by atoms with van der Waals surface area (Å²) in [5, 5.41) is 0. The quantitative estimate of drug-likeness (QED) is 0.793. The van der Waals surface area contributed by atoms with Gasteiger partial charge in [-0.25, -0.2) is 8.42 Å². The smallest absolute Gasteiger partial charge is 0.243 e. The molecule has 19 heavy (non-hydrogen) atoms. The molecule has 4 nitrogen and oxygen atoms in total. The van der Waals surface area contributed by atoms with Gasteiger partial charge in [-0.3, -0.25) is 0 Å². The van der Waals surface area contributed by atoms with Crippen LogP contribution in [0.2, 0.25) is 0 Å². The standard InChI is InChI=1S/C14H19NO3S/c1-14(2,11-16)12-5-7-13(8-6-12)19(17,18)15-9-3-4-10-15/h5-8,11H,3-4,9-10H2,1-2H3. The van der Waals surface area contributed by atoms with Gasteiger partial charge in [0.1, 0.15) is 6.29 Å². The molecule has 1 aromatic carbocycles. The zero-order chi connectivity index (χ0) is 14.1. The van der Waals surface area contributed by atoms with Crippen LogP contribution in [0.4, 0.5) is 0 Å². The van der Waals surface area contributed by atoms with Crippen molar-refractivity contribution >= 4 is 16.3 Å². The van der Waals surface area contributed by atoms with E-state index in [1.54, 1.807) is 24.3 Å². The number of hydrogen-bond acceptors (Lipinski definition) is 3. The Labute approximate surface area is 114 Å². The first-order valence-corrected chi connectivity index (χ1v) is 7.89. The zero-order valence-corrected chi connectivity index (χ0v) is 12.1. The molecule has 0 unspecified atom stereocenters. The third-order valence-electron chi connectivity index (χ3n) is 3.60.